The average molecular weight is 479 g/mol. The molecule has 0 amide bonds. The van der Waals surface area contributed by atoms with Crippen molar-refractivity contribution in [3.05, 3.63) is 60.2 Å². The van der Waals surface area contributed by atoms with Crippen molar-refractivity contribution in [3.63, 3.8) is 0 Å². The monoisotopic (exact) mass is 478 g/mol. The zero-order valence-electron chi connectivity index (χ0n) is 18.0. The van der Waals surface area contributed by atoms with E-state index in [0.29, 0.717) is 0 Å². The minimum absolute atomic E-state index is 0.868. The van der Waals surface area contributed by atoms with Crippen LogP contribution in [0, 0.1) is 0 Å². The van der Waals surface area contributed by atoms with Gasteiger partial charge in [0.1, 0.15) is 0 Å². The van der Waals surface area contributed by atoms with Gasteiger partial charge in [0, 0.05) is 11.4 Å². The highest BCUT2D eigenvalue weighted by atomic mass is 32.3. The Morgan fingerprint density at radius 2 is 1.15 bits per heavy atom. The van der Waals surface area contributed by atoms with Crippen molar-refractivity contribution in [3.8, 4) is 11.1 Å². The Balaban J connectivity index is 0.000000291. The Bertz CT molecular complexity index is 1030. The molecular formula is C18H26N10O4S. The van der Waals surface area contributed by atoms with Crippen molar-refractivity contribution in [2.24, 2.45) is 0 Å². The quantitative estimate of drug-likeness (QED) is 0.181. The lowest BCUT2D eigenvalue weighted by Gasteiger charge is -2.10. The molecule has 0 saturated carbocycles. The van der Waals surface area contributed by atoms with Gasteiger partial charge in [-0.05, 0) is 59.4 Å². The molecule has 14 nitrogen and oxygen atoms in total. The summed E-state index contributed by atoms with van der Waals surface area (Å²) in [5.41, 5.74) is 18.4. The van der Waals surface area contributed by atoms with Crippen LogP contribution >= 0.6 is 0 Å². The molecule has 0 spiro atoms. The van der Waals surface area contributed by atoms with Gasteiger partial charge in [-0.3, -0.25) is 9.11 Å². The molecule has 15 heteroatoms. The number of H-pyrrole nitrogens is 2. The molecule has 0 fully saturated rings. The van der Waals surface area contributed by atoms with E-state index in [0.717, 1.165) is 24.2 Å². The van der Waals surface area contributed by atoms with E-state index in [1.165, 1.54) is 34.9 Å². The number of rotatable bonds is 3. The van der Waals surface area contributed by atoms with Crippen molar-refractivity contribution in [1.29, 1.82) is 0 Å². The molecule has 0 atom stereocenters. The Kier molecular flexibility index (Phi) is 11.6. The molecule has 2 aromatic heterocycles. The van der Waals surface area contributed by atoms with Crippen LogP contribution in [0.5, 0.6) is 0 Å². The third kappa shape index (κ3) is 11.9. The lowest BCUT2D eigenvalue weighted by Crippen LogP contribution is -1.95. The number of hydrogen-bond donors (Lipinski definition) is 6. The maximum absolute atomic E-state index is 8.74. The summed E-state index contributed by atoms with van der Waals surface area (Å²) in [4.78, 5) is 0. The average Bonchev–Trinajstić information content (AvgIpc) is 3.52. The summed E-state index contributed by atoms with van der Waals surface area (Å²) in [6.07, 6.45) is 4.57. The summed E-state index contributed by atoms with van der Waals surface area (Å²) in [5.74, 6) is 0. The lowest BCUT2D eigenvalue weighted by molar-refractivity contribution is 0.381. The van der Waals surface area contributed by atoms with Gasteiger partial charge in [0.05, 0.1) is 0 Å². The lowest BCUT2D eigenvalue weighted by atomic mass is 9.98. The minimum atomic E-state index is -4.67. The Labute approximate surface area is 190 Å². The Hall–Kier alpha value is -3.95. The van der Waals surface area contributed by atoms with Crippen molar-refractivity contribution in [2.45, 2.75) is 26.7 Å². The maximum atomic E-state index is 8.74. The van der Waals surface area contributed by atoms with E-state index in [4.69, 9.17) is 29.0 Å². The molecule has 0 saturated heterocycles. The van der Waals surface area contributed by atoms with Crippen LogP contribution < -0.4 is 11.5 Å². The second-order valence-corrected chi connectivity index (χ2v) is 7.00. The van der Waals surface area contributed by atoms with Gasteiger partial charge in [-0.1, -0.05) is 36.4 Å². The third-order valence-electron chi connectivity index (χ3n) is 3.92. The first-order valence-corrected chi connectivity index (χ1v) is 10.8. The summed E-state index contributed by atoms with van der Waals surface area (Å²) in [6.45, 7) is 4.24. The predicted octanol–water partition coefficient (Wildman–Crippen LogP) is 1.39. The molecule has 0 aliphatic carbocycles. The summed E-state index contributed by atoms with van der Waals surface area (Å²) >= 11 is 0. The molecule has 0 radical (unpaired) electrons. The van der Waals surface area contributed by atoms with E-state index in [-0.39, 0.29) is 0 Å². The number of anilines is 2. The second-order valence-electron chi connectivity index (χ2n) is 6.10. The molecule has 2 aromatic carbocycles. The standard InChI is InChI=1S/C16H20N2.2CH2N4.H2O4S/c1-3-11-9-13(5-7-15(11)17)14-6-8-16(18)12(4-2)10-14;2*1-2-4-5-3-1;1-5(2,3)4/h5-10H,3-4,17-18H2,1-2H3;2*1H,(H,2,3,4,5);(H2,1,2,3,4). The number of nitrogens with two attached hydrogens (primary N) is 2. The molecule has 0 aliphatic rings. The summed E-state index contributed by atoms with van der Waals surface area (Å²) < 4.78 is 31.6. The van der Waals surface area contributed by atoms with Crippen LogP contribution in [0.4, 0.5) is 11.4 Å². The number of nitrogens with zero attached hydrogens (tertiary/aromatic N) is 6. The van der Waals surface area contributed by atoms with Gasteiger partial charge < -0.3 is 11.5 Å². The fourth-order valence-electron chi connectivity index (χ4n) is 2.44. The predicted molar refractivity (Wildman–Crippen MR) is 122 cm³/mol. The number of tetrazole rings is 2. The minimum Gasteiger partial charge on any atom is -0.399 e. The van der Waals surface area contributed by atoms with Crippen LogP contribution in [0.3, 0.4) is 0 Å². The van der Waals surface area contributed by atoms with Gasteiger partial charge in [-0.15, -0.1) is 20.4 Å². The summed E-state index contributed by atoms with van der Waals surface area (Å²) in [7, 11) is -4.67. The van der Waals surface area contributed by atoms with Crippen LogP contribution in [-0.4, -0.2) is 58.8 Å². The van der Waals surface area contributed by atoms with Crippen molar-refractivity contribution in [2.75, 3.05) is 11.5 Å². The number of hydrogen-bond acceptors (Lipinski definition) is 10. The highest BCUT2D eigenvalue weighted by Gasteiger charge is 2.04. The van der Waals surface area contributed by atoms with Gasteiger partial charge in [0.2, 0.25) is 0 Å². The maximum Gasteiger partial charge on any atom is 0.394 e. The summed E-state index contributed by atoms with van der Waals surface area (Å²) in [5, 5.41) is 24.3. The highest BCUT2D eigenvalue weighted by Crippen LogP contribution is 2.27. The third-order valence-corrected chi connectivity index (χ3v) is 3.92. The zero-order valence-corrected chi connectivity index (χ0v) is 18.8. The van der Waals surface area contributed by atoms with Crippen molar-refractivity contribution in [1.82, 2.24) is 41.2 Å². The molecule has 4 aromatic rings. The molecule has 178 valence electrons. The Morgan fingerprint density at radius 1 is 0.788 bits per heavy atom. The van der Waals surface area contributed by atoms with Crippen LogP contribution in [0.25, 0.3) is 11.1 Å². The fourth-order valence-corrected chi connectivity index (χ4v) is 2.44. The number of aromatic nitrogens is 8. The second kappa shape index (κ2) is 14.2. The van der Waals surface area contributed by atoms with E-state index in [1.54, 1.807) is 0 Å². The number of aromatic amines is 2. The number of aryl methyl sites for hydroxylation is 2. The molecule has 2 heterocycles. The molecule has 33 heavy (non-hydrogen) atoms. The van der Waals surface area contributed by atoms with E-state index in [1.807, 2.05) is 12.1 Å². The zero-order chi connectivity index (χ0) is 24.7. The van der Waals surface area contributed by atoms with Gasteiger partial charge >= 0.3 is 10.4 Å². The highest BCUT2D eigenvalue weighted by molar-refractivity contribution is 7.79. The summed E-state index contributed by atoms with van der Waals surface area (Å²) in [6, 6.07) is 12.4. The van der Waals surface area contributed by atoms with Gasteiger partial charge in [0.15, 0.2) is 12.7 Å². The Morgan fingerprint density at radius 3 is 1.36 bits per heavy atom. The van der Waals surface area contributed by atoms with Crippen LogP contribution in [0.15, 0.2) is 49.1 Å². The number of nitrogen functional groups attached to an aromatic ring is 2. The number of nitrogens with one attached hydrogen (secondary N) is 2. The first kappa shape index (κ1) is 27.1. The molecule has 4 rings (SSSR count). The van der Waals surface area contributed by atoms with Crippen LogP contribution in [0.2, 0.25) is 0 Å². The molecule has 0 unspecified atom stereocenters. The topological polar surface area (TPSA) is 236 Å². The molecule has 0 aliphatic heterocycles. The first-order chi connectivity index (χ1) is 15.7. The van der Waals surface area contributed by atoms with Gasteiger partial charge in [0.25, 0.3) is 0 Å². The van der Waals surface area contributed by atoms with E-state index < -0.39 is 10.4 Å². The SMILES string of the molecule is CCc1cc(-c2ccc(N)c(CC)c2)ccc1N.O=S(=O)(O)O.c1nn[nH]n1.c1nn[nH]n1. The van der Waals surface area contributed by atoms with Crippen molar-refractivity contribution >= 4 is 21.8 Å². The van der Waals surface area contributed by atoms with Crippen LogP contribution in [-0.2, 0) is 23.2 Å². The van der Waals surface area contributed by atoms with Crippen LogP contribution in [0.1, 0.15) is 25.0 Å². The van der Waals surface area contributed by atoms with Gasteiger partial charge in [-0.2, -0.15) is 18.8 Å². The largest absolute Gasteiger partial charge is 0.399 e. The van der Waals surface area contributed by atoms with E-state index in [2.05, 4.69) is 79.4 Å². The fraction of sp³-hybridized carbons (Fsp3) is 0.222. The number of benzene rings is 2. The smallest absolute Gasteiger partial charge is 0.394 e. The first-order valence-electron chi connectivity index (χ1n) is 9.45. The molecule has 8 N–H and O–H groups in total. The normalized spacial score (nSPS) is 9.94. The van der Waals surface area contributed by atoms with Gasteiger partial charge in [-0.25, -0.2) is 0 Å². The van der Waals surface area contributed by atoms with Crippen molar-refractivity contribution < 1.29 is 17.5 Å². The molecule has 0 bridgehead atoms. The molecular weight excluding hydrogens is 452 g/mol. The van der Waals surface area contributed by atoms with E-state index >= 15 is 0 Å². The van der Waals surface area contributed by atoms with E-state index in [9.17, 15) is 0 Å².